The van der Waals surface area contributed by atoms with Gasteiger partial charge in [-0.15, -0.1) is 11.3 Å². The van der Waals surface area contributed by atoms with Gasteiger partial charge in [0.05, 0.1) is 34.0 Å². The highest BCUT2D eigenvalue weighted by Crippen LogP contribution is 2.28. The maximum Gasteiger partial charge on any atom is 0.291 e. The molecule has 4 heterocycles. The number of carbonyl (C=O) groups is 2. The number of carbonyl (C=O) groups excluding carboxylic acids is 2. The Balaban J connectivity index is 1.32. The predicted molar refractivity (Wildman–Crippen MR) is 131 cm³/mol. The van der Waals surface area contributed by atoms with Crippen LogP contribution in [-0.2, 0) is 13.1 Å². The smallest absolute Gasteiger partial charge is 0.291 e. The average Bonchev–Trinajstić information content (AvgIpc) is 3.64. The topological polar surface area (TPSA) is 102 Å². The van der Waals surface area contributed by atoms with Gasteiger partial charge in [-0.3, -0.25) is 9.59 Å². The summed E-state index contributed by atoms with van der Waals surface area (Å²) in [6, 6.07) is 16.3. The number of aromatic nitrogens is 3. The lowest BCUT2D eigenvalue weighted by Gasteiger charge is -2.09. The number of nitrogens with zero attached hydrogens (tertiary/aromatic N) is 3. The van der Waals surface area contributed by atoms with E-state index < -0.39 is 0 Å². The van der Waals surface area contributed by atoms with E-state index in [1.807, 2.05) is 42.6 Å². The second-order valence-electron chi connectivity index (χ2n) is 7.54. The quantitative estimate of drug-likeness (QED) is 0.349. The van der Waals surface area contributed by atoms with E-state index in [4.69, 9.17) is 9.40 Å². The van der Waals surface area contributed by atoms with Gasteiger partial charge in [0.25, 0.3) is 11.8 Å². The Bertz CT molecular complexity index is 1440. The summed E-state index contributed by atoms with van der Waals surface area (Å²) in [5.41, 5.74) is 3.52. The lowest BCUT2D eigenvalue weighted by molar-refractivity contribution is 0.0951. The van der Waals surface area contributed by atoms with Crippen molar-refractivity contribution in [3.8, 4) is 10.6 Å². The first kappa shape index (κ1) is 21.6. The van der Waals surface area contributed by atoms with Gasteiger partial charge in [-0.05, 0) is 54.3 Å². The van der Waals surface area contributed by atoms with Crippen molar-refractivity contribution in [3.63, 3.8) is 0 Å². The molecule has 170 valence electrons. The summed E-state index contributed by atoms with van der Waals surface area (Å²) in [6.45, 7) is 2.99. The largest absolute Gasteiger partial charge is 0.459 e. The van der Waals surface area contributed by atoms with Crippen molar-refractivity contribution < 1.29 is 14.0 Å². The zero-order valence-corrected chi connectivity index (χ0v) is 19.1. The van der Waals surface area contributed by atoms with E-state index in [2.05, 4.69) is 15.7 Å². The summed E-state index contributed by atoms with van der Waals surface area (Å²) in [6.07, 6.45) is 3.14. The zero-order chi connectivity index (χ0) is 23.5. The van der Waals surface area contributed by atoms with Crippen LogP contribution in [0.3, 0.4) is 0 Å². The van der Waals surface area contributed by atoms with Crippen LogP contribution in [0, 0.1) is 0 Å². The first-order valence-corrected chi connectivity index (χ1v) is 11.6. The number of pyridine rings is 1. The van der Waals surface area contributed by atoms with Gasteiger partial charge in [-0.1, -0.05) is 18.2 Å². The molecule has 1 aromatic carbocycles. The zero-order valence-electron chi connectivity index (χ0n) is 18.3. The van der Waals surface area contributed by atoms with E-state index in [0.717, 1.165) is 21.5 Å². The second kappa shape index (κ2) is 9.32. The minimum atomic E-state index is -0.318. The fourth-order valence-corrected chi connectivity index (χ4v) is 4.29. The van der Waals surface area contributed by atoms with E-state index in [1.165, 1.54) is 6.26 Å². The first-order valence-electron chi connectivity index (χ1n) is 10.7. The van der Waals surface area contributed by atoms with Crippen LogP contribution >= 0.6 is 11.3 Å². The van der Waals surface area contributed by atoms with Crippen molar-refractivity contribution in [2.24, 2.45) is 0 Å². The van der Waals surface area contributed by atoms with E-state index in [-0.39, 0.29) is 17.6 Å². The molecule has 0 saturated heterocycles. The molecule has 0 aliphatic heterocycles. The molecule has 0 saturated carbocycles. The number of fused-ring (bicyclic) bond motifs is 1. The molecule has 0 unspecified atom stereocenters. The molecule has 0 radical (unpaired) electrons. The molecule has 0 aliphatic rings. The number of benzene rings is 1. The summed E-state index contributed by atoms with van der Waals surface area (Å²) in [7, 11) is 0. The highest BCUT2D eigenvalue weighted by atomic mass is 32.1. The standard InChI is InChI=1S/C25H21N5O3S/c1-2-30-23-19(15-27-30)18(13-20(29-23)22-6-4-12-34-22)24(31)26-14-16-7-9-17(10-8-16)28-25(32)21-5-3-11-33-21/h3-13,15H,2,14H2,1H3,(H,26,31)(H,28,32). The summed E-state index contributed by atoms with van der Waals surface area (Å²) < 4.78 is 6.89. The predicted octanol–water partition coefficient (Wildman–Crippen LogP) is 4.96. The van der Waals surface area contributed by atoms with Gasteiger partial charge in [-0.25, -0.2) is 9.67 Å². The molecular weight excluding hydrogens is 450 g/mol. The average molecular weight is 472 g/mol. The highest BCUT2D eigenvalue weighted by molar-refractivity contribution is 7.13. The van der Waals surface area contributed by atoms with Crippen LogP contribution in [-0.4, -0.2) is 26.6 Å². The van der Waals surface area contributed by atoms with Crippen LogP contribution in [0.2, 0.25) is 0 Å². The maximum absolute atomic E-state index is 13.2. The summed E-state index contributed by atoms with van der Waals surface area (Å²) >= 11 is 1.58. The van der Waals surface area contributed by atoms with Crippen molar-refractivity contribution in [2.45, 2.75) is 20.0 Å². The fraction of sp³-hybridized carbons (Fsp3) is 0.120. The van der Waals surface area contributed by atoms with Gasteiger partial charge < -0.3 is 15.1 Å². The van der Waals surface area contributed by atoms with Crippen LogP contribution in [0.1, 0.15) is 33.4 Å². The molecule has 5 rings (SSSR count). The van der Waals surface area contributed by atoms with Crippen molar-refractivity contribution in [1.82, 2.24) is 20.1 Å². The van der Waals surface area contributed by atoms with Crippen molar-refractivity contribution >= 4 is 39.9 Å². The van der Waals surface area contributed by atoms with Crippen molar-refractivity contribution in [3.05, 3.63) is 89.3 Å². The second-order valence-corrected chi connectivity index (χ2v) is 8.49. The molecule has 2 amide bonds. The Morgan fingerprint density at radius 2 is 1.94 bits per heavy atom. The van der Waals surface area contributed by atoms with E-state index in [0.29, 0.717) is 30.0 Å². The Hall–Kier alpha value is -4.24. The van der Waals surface area contributed by atoms with Gasteiger partial charge in [0.15, 0.2) is 11.4 Å². The van der Waals surface area contributed by atoms with Gasteiger partial charge in [0.1, 0.15) is 0 Å². The molecule has 34 heavy (non-hydrogen) atoms. The summed E-state index contributed by atoms with van der Waals surface area (Å²) in [4.78, 5) is 31.0. The highest BCUT2D eigenvalue weighted by Gasteiger charge is 2.17. The number of anilines is 1. The van der Waals surface area contributed by atoms with E-state index >= 15 is 0 Å². The maximum atomic E-state index is 13.2. The van der Waals surface area contributed by atoms with Crippen molar-refractivity contribution in [2.75, 3.05) is 5.32 Å². The number of aryl methyl sites for hydroxylation is 1. The Morgan fingerprint density at radius 1 is 1.09 bits per heavy atom. The molecule has 0 aliphatic carbocycles. The Kier molecular flexibility index (Phi) is 5.92. The van der Waals surface area contributed by atoms with Gasteiger partial charge >= 0.3 is 0 Å². The molecule has 5 aromatic rings. The molecule has 0 spiro atoms. The lowest BCUT2D eigenvalue weighted by atomic mass is 10.1. The van der Waals surface area contributed by atoms with Crippen LogP contribution in [0.5, 0.6) is 0 Å². The van der Waals surface area contributed by atoms with Crippen LogP contribution in [0.15, 0.2) is 76.9 Å². The Morgan fingerprint density at radius 3 is 2.65 bits per heavy atom. The molecule has 9 heteroatoms. The first-order chi connectivity index (χ1) is 16.6. The third-order valence-corrected chi connectivity index (χ3v) is 6.23. The summed E-state index contributed by atoms with van der Waals surface area (Å²) in [5.74, 6) is -0.272. The van der Waals surface area contributed by atoms with Gasteiger partial charge in [0.2, 0.25) is 0 Å². The van der Waals surface area contributed by atoms with Crippen molar-refractivity contribution in [1.29, 1.82) is 0 Å². The number of hydrogen-bond donors (Lipinski definition) is 2. The molecule has 4 aromatic heterocycles. The molecule has 2 N–H and O–H groups in total. The molecule has 0 bridgehead atoms. The Labute approximate surface area is 199 Å². The molecule has 8 nitrogen and oxygen atoms in total. The minimum absolute atomic E-state index is 0.198. The normalized spacial score (nSPS) is 11.0. The van der Waals surface area contributed by atoms with Crippen LogP contribution in [0.25, 0.3) is 21.6 Å². The fourth-order valence-electron chi connectivity index (χ4n) is 3.60. The number of rotatable bonds is 7. The van der Waals surface area contributed by atoms with Crippen LogP contribution in [0.4, 0.5) is 5.69 Å². The van der Waals surface area contributed by atoms with Gasteiger partial charge in [0, 0.05) is 18.8 Å². The summed E-state index contributed by atoms with van der Waals surface area (Å²) in [5, 5.41) is 12.9. The van der Waals surface area contributed by atoms with Crippen LogP contribution < -0.4 is 10.6 Å². The minimum Gasteiger partial charge on any atom is -0.459 e. The monoisotopic (exact) mass is 471 g/mol. The third-order valence-electron chi connectivity index (χ3n) is 5.34. The third kappa shape index (κ3) is 4.33. The lowest BCUT2D eigenvalue weighted by Crippen LogP contribution is -2.23. The number of nitrogens with one attached hydrogen (secondary N) is 2. The molecule has 0 atom stereocenters. The molecule has 0 fully saturated rings. The molecular formula is C25H21N5O3S. The number of hydrogen-bond acceptors (Lipinski definition) is 6. The van der Waals surface area contributed by atoms with Gasteiger partial charge in [-0.2, -0.15) is 5.10 Å². The SMILES string of the molecule is CCn1ncc2c(C(=O)NCc3ccc(NC(=O)c4ccco4)cc3)cc(-c3cccs3)nc21. The number of furan rings is 1. The van der Waals surface area contributed by atoms with E-state index in [9.17, 15) is 9.59 Å². The number of thiophene rings is 1. The number of amides is 2. The van der Waals surface area contributed by atoms with E-state index in [1.54, 1.807) is 46.5 Å².